The van der Waals surface area contributed by atoms with Crippen molar-refractivity contribution in [2.24, 2.45) is 5.92 Å². The lowest BCUT2D eigenvalue weighted by Crippen LogP contribution is -2.31. The van der Waals surface area contributed by atoms with E-state index < -0.39 is 5.91 Å². The van der Waals surface area contributed by atoms with Crippen molar-refractivity contribution in [3.8, 4) is 5.75 Å². The molecule has 2 aromatic carbocycles. The summed E-state index contributed by atoms with van der Waals surface area (Å²) in [5.41, 5.74) is 1.38. The van der Waals surface area contributed by atoms with Gasteiger partial charge in [0.15, 0.2) is 0 Å². The van der Waals surface area contributed by atoms with Crippen LogP contribution in [0.2, 0.25) is 5.02 Å². The molecule has 1 N–H and O–H groups in total. The molecule has 2 aromatic rings. The smallest absolute Gasteiger partial charge is 0.261 e. The van der Waals surface area contributed by atoms with Crippen LogP contribution in [0.1, 0.15) is 51.3 Å². The highest BCUT2D eigenvalue weighted by Gasteiger charge is 2.35. The third-order valence-electron chi connectivity index (χ3n) is 4.57. The number of carbonyl (C=O) groups excluding carboxylic acids is 3. The number of halogens is 1. The number of rotatable bonds is 6. The summed E-state index contributed by atoms with van der Waals surface area (Å²) in [6.07, 6.45) is 0.733. The Morgan fingerprint density at radius 1 is 1.11 bits per heavy atom. The molecule has 1 aliphatic heterocycles. The molecule has 7 heteroatoms. The largest absolute Gasteiger partial charge is 0.495 e. The van der Waals surface area contributed by atoms with Gasteiger partial charge in [-0.15, -0.1) is 0 Å². The Morgan fingerprint density at radius 3 is 2.46 bits per heavy atom. The van der Waals surface area contributed by atoms with E-state index in [0.29, 0.717) is 34.5 Å². The highest BCUT2D eigenvalue weighted by Crippen LogP contribution is 2.28. The normalized spacial score (nSPS) is 13.1. The van der Waals surface area contributed by atoms with Crippen LogP contribution in [0, 0.1) is 5.92 Å². The molecule has 6 nitrogen and oxygen atoms in total. The summed E-state index contributed by atoms with van der Waals surface area (Å²) in [7, 11) is 1.51. The number of hydrogen-bond donors (Lipinski definition) is 1. The molecule has 146 valence electrons. The summed E-state index contributed by atoms with van der Waals surface area (Å²) in [6.45, 7) is 4.44. The predicted octanol–water partition coefficient (Wildman–Crippen LogP) is 4.24. The van der Waals surface area contributed by atoms with Gasteiger partial charge in [0.2, 0.25) is 0 Å². The zero-order valence-electron chi connectivity index (χ0n) is 15.9. The van der Waals surface area contributed by atoms with Gasteiger partial charge in [-0.25, -0.2) is 0 Å². The number of amides is 3. The van der Waals surface area contributed by atoms with E-state index in [2.05, 4.69) is 5.32 Å². The van der Waals surface area contributed by atoms with Crippen LogP contribution >= 0.6 is 11.6 Å². The van der Waals surface area contributed by atoms with E-state index in [9.17, 15) is 14.4 Å². The molecule has 1 heterocycles. The third-order valence-corrected chi connectivity index (χ3v) is 4.87. The van der Waals surface area contributed by atoms with Crippen molar-refractivity contribution in [1.29, 1.82) is 0 Å². The van der Waals surface area contributed by atoms with Crippen LogP contribution in [0.3, 0.4) is 0 Å². The zero-order valence-corrected chi connectivity index (χ0v) is 16.7. The monoisotopic (exact) mass is 400 g/mol. The minimum atomic E-state index is -0.398. The summed E-state index contributed by atoms with van der Waals surface area (Å²) >= 11 is 6.07. The van der Waals surface area contributed by atoms with Crippen LogP contribution in [0.15, 0.2) is 36.4 Å². The quantitative estimate of drug-likeness (QED) is 0.736. The summed E-state index contributed by atoms with van der Waals surface area (Å²) in [5, 5.41) is 3.10. The second-order valence-corrected chi connectivity index (χ2v) is 7.42. The Morgan fingerprint density at radius 2 is 1.82 bits per heavy atom. The number of imide groups is 1. The van der Waals surface area contributed by atoms with E-state index in [1.807, 2.05) is 13.8 Å². The predicted molar refractivity (Wildman–Crippen MR) is 107 cm³/mol. The van der Waals surface area contributed by atoms with E-state index in [-0.39, 0.29) is 22.9 Å². The maximum absolute atomic E-state index is 12.6. The van der Waals surface area contributed by atoms with Gasteiger partial charge in [0.25, 0.3) is 17.7 Å². The van der Waals surface area contributed by atoms with Crippen LogP contribution in [0.5, 0.6) is 5.75 Å². The number of nitrogens with one attached hydrogen (secondary N) is 1. The minimum absolute atomic E-state index is 0.258. The number of anilines is 1. The maximum Gasteiger partial charge on any atom is 0.261 e. The lowest BCUT2D eigenvalue weighted by molar-refractivity contribution is 0.0647. The number of methoxy groups -OCH3 is 1. The minimum Gasteiger partial charge on any atom is -0.495 e. The van der Waals surface area contributed by atoms with E-state index >= 15 is 0 Å². The maximum atomic E-state index is 12.6. The summed E-state index contributed by atoms with van der Waals surface area (Å²) in [5.74, 6) is -0.188. The van der Waals surface area contributed by atoms with Crippen LogP contribution in [0.25, 0.3) is 0 Å². The van der Waals surface area contributed by atoms with E-state index in [0.717, 1.165) is 6.42 Å². The average Bonchev–Trinajstić information content (AvgIpc) is 2.90. The van der Waals surface area contributed by atoms with Crippen molar-refractivity contribution in [2.75, 3.05) is 19.0 Å². The van der Waals surface area contributed by atoms with Gasteiger partial charge in [-0.3, -0.25) is 19.3 Å². The first kappa shape index (κ1) is 19.9. The van der Waals surface area contributed by atoms with E-state index in [4.69, 9.17) is 16.3 Å². The lowest BCUT2D eigenvalue weighted by atomic mass is 10.1. The van der Waals surface area contributed by atoms with Crippen molar-refractivity contribution in [3.05, 3.63) is 58.1 Å². The molecule has 0 fully saturated rings. The number of fused-ring (bicyclic) bond motifs is 1. The molecule has 0 spiro atoms. The first-order valence-corrected chi connectivity index (χ1v) is 9.34. The van der Waals surface area contributed by atoms with Crippen molar-refractivity contribution < 1.29 is 19.1 Å². The van der Waals surface area contributed by atoms with Crippen molar-refractivity contribution >= 4 is 35.0 Å². The highest BCUT2D eigenvalue weighted by atomic mass is 35.5. The average molecular weight is 401 g/mol. The van der Waals surface area contributed by atoms with E-state index in [1.54, 1.807) is 18.2 Å². The van der Waals surface area contributed by atoms with Gasteiger partial charge in [-0.2, -0.15) is 0 Å². The lowest BCUT2D eigenvalue weighted by Gasteiger charge is -2.14. The summed E-state index contributed by atoms with van der Waals surface area (Å²) in [6, 6.07) is 9.42. The standard InChI is InChI=1S/C21H21ClN2O4/c1-12(2)8-9-24-20(26)15-6-4-13(10-16(15)21(24)27)19(25)23-14-5-7-18(28-3)17(22)11-14/h4-7,10-12H,8-9H2,1-3H3,(H,23,25). The van der Waals surface area contributed by atoms with Crippen molar-refractivity contribution in [2.45, 2.75) is 20.3 Å². The highest BCUT2D eigenvalue weighted by molar-refractivity contribution is 6.32. The Hall–Kier alpha value is -2.86. The molecular weight excluding hydrogens is 380 g/mol. The number of benzene rings is 2. The number of carbonyl (C=O) groups is 3. The zero-order chi connectivity index (χ0) is 20.4. The molecule has 28 heavy (non-hydrogen) atoms. The van der Waals surface area contributed by atoms with Gasteiger partial charge >= 0.3 is 0 Å². The second-order valence-electron chi connectivity index (χ2n) is 7.01. The number of hydrogen-bond acceptors (Lipinski definition) is 4. The van der Waals surface area contributed by atoms with Crippen molar-refractivity contribution in [1.82, 2.24) is 4.90 Å². The molecule has 0 atom stereocenters. The topological polar surface area (TPSA) is 75.7 Å². The molecule has 1 aliphatic rings. The molecule has 0 radical (unpaired) electrons. The molecule has 0 saturated carbocycles. The molecule has 0 aromatic heterocycles. The first-order valence-electron chi connectivity index (χ1n) is 8.97. The fraction of sp³-hybridized carbons (Fsp3) is 0.286. The second kappa shape index (κ2) is 8.02. The Kier molecular flexibility index (Phi) is 5.70. The summed E-state index contributed by atoms with van der Waals surface area (Å²) < 4.78 is 5.09. The van der Waals surface area contributed by atoms with Gasteiger partial charge in [0, 0.05) is 17.8 Å². The fourth-order valence-electron chi connectivity index (χ4n) is 2.97. The van der Waals surface area contributed by atoms with Gasteiger partial charge in [0.1, 0.15) is 5.75 Å². The van der Waals surface area contributed by atoms with Gasteiger partial charge < -0.3 is 10.1 Å². The molecule has 3 rings (SSSR count). The first-order chi connectivity index (χ1) is 13.3. The van der Waals surface area contributed by atoms with Crippen LogP contribution < -0.4 is 10.1 Å². The van der Waals surface area contributed by atoms with Gasteiger partial charge in [0.05, 0.1) is 23.3 Å². The van der Waals surface area contributed by atoms with Crippen LogP contribution in [-0.2, 0) is 0 Å². The van der Waals surface area contributed by atoms with Crippen LogP contribution in [-0.4, -0.2) is 36.3 Å². The van der Waals surface area contributed by atoms with Crippen molar-refractivity contribution in [3.63, 3.8) is 0 Å². The Bertz CT molecular complexity index is 955. The van der Waals surface area contributed by atoms with E-state index in [1.165, 1.54) is 30.2 Å². The van der Waals surface area contributed by atoms with Gasteiger partial charge in [-0.05, 0) is 48.7 Å². The fourth-order valence-corrected chi connectivity index (χ4v) is 3.23. The molecular formula is C21H21ClN2O4. The van der Waals surface area contributed by atoms with Crippen LogP contribution in [0.4, 0.5) is 5.69 Å². The Labute approximate surface area is 168 Å². The Balaban J connectivity index is 1.79. The summed E-state index contributed by atoms with van der Waals surface area (Å²) in [4.78, 5) is 38.9. The van der Waals surface area contributed by atoms with Gasteiger partial charge in [-0.1, -0.05) is 25.4 Å². The SMILES string of the molecule is COc1ccc(NC(=O)c2ccc3c(c2)C(=O)N(CCC(C)C)C3=O)cc1Cl. The molecule has 0 saturated heterocycles. The number of nitrogens with zero attached hydrogens (tertiary/aromatic N) is 1. The number of ether oxygens (including phenoxy) is 1. The molecule has 3 amide bonds. The third kappa shape index (κ3) is 3.87. The molecule has 0 aliphatic carbocycles. The molecule has 0 unspecified atom stereocenters. The molecule has 0 bridgehead atoms.